The Hall–Kier alpha value is -1.56. The molecule has 1 aromatic rings. The van der Waals surface area contributed by atoms with E-state index in [-0.39, 0.29) is 11.7 Å². The lowest BCUT2D eigenvalue weighted by Gasteiger charge is -2.22. The van der Waals surface area contributed by atoms with Crippen molar-refractivity contribution in [2.24, 2.45) is 16.3 Å². The van der Waals surface area contributed by atoms with Crippen molar-refractivity contribution >= 4 is 33.4 Å². The first-order valence-electron chi connectivity index (χ1n) is 5.90. The standard InChI is InChI=1S/C13H18BrN3O2/c1-4-8-7-9(14)5-6-10(8)16-12(18)13(2,3)11(15)17-19/h5-7,19H,4H2,1-3H3,(H2,15,17)(H,16,18). The number of carbonyl (C=O) groups is 1. The van der Waals surface area contributed by atoms with Crippen LogP contribution in [-0.4, -0.2) is 17.0 Å². The Morgan fingerprint density at radius 2 is 2.16 bits per heavy atom. The molecule has 0 radical (unpaired) electrons. The normalized spacial score (nSPS) is 12.3. The number of rotatable bonds is 4. The summed E-state index contributed by atoms with van der Waals surface area (Å²) in [5, 5.41) is 14.4. The van der Waals surface area contributed by atoms with Crippen LogP contribution >= 0.6 is 15.9 Å². The molecule has 0 bridgehead atoms. The molecule has 5 nitrogen and oxygen atoms in total. The van der Waals surface area contributed by atoms with Gasteiger partial charge in [0.1, 0.15) is 5.41 Å². The van der Waals surface area contributed by atoms with Gasteiger partial charge in [0, 0.05) is 10.2 Å². The molecule has 0 unspecified atom stereocenters. The van der Waals surface area contributed by atoms with Gasteiger partial charge in [0.2, 0.25) is 5.91 Å². The van der Waals surface area contributed by atoms with Crippen LogP contribution in [-0.2, 0) is 11.2 Å². The molecule has 0 fully saturated rings. The van der Waals surface area contributed by atoms with Gasteiger partial charge in [-0.15, -0.1) is 0 Å². The Balaban J connectivity index is 3.00. The molecule has 0 aliphatic heterocycles. The van der Waals surface area contributed by atoms with Gasteiger partial charge < -0.3 is 16.3 Å². The zero-order valence-electron chi connectivity index (χ0n) is 11.2. The minimum absolute atomic E-state index is 0.125. The van der Waals surface area contributed by atoms with E-state index in [1.54, 1.807) is 13.8 Å². The highest BCUT2D eigenvalue weighted by Crippen LogP contribution is 2.24. The van der Waals surface area contributed by atoms with Crippen LogP contribution in [0.4, 0.5) is 5.69 Å². The zero-order valence-corrected chi connectivity index (χ0v) is 12.8. The van der Waals surface area contributed by atoms with Crippen molar-refractivity contribution in [3.05, 3.63) is 28.2 Å². The number of amidine groups is 1. The third-order valence-electron chi connectivity index (χ3n) is 3.01. The first-order valence-corrected chi connectivity index (χ1v) is 6.70. The van der Waals surface area contributed by atoms with E-state index < -0.39 is 5.41 Å². The number of oxime groups is 1. The van der Waals surface area contributed by atoms with Gasteiger partial charge in [0.05, 0.1) is 0 Å². The van der Waals surface area contributed by atoms with Crippen molar-refractivity contribution < 1.29 is 10.0 Å². The number of aryl methyl sites for hydroxylation is 1. The van der Waals surface area contributed by atoms with Crippen LogP contribution in [0.2, 0.25) is 0 Å². The molecule has 4 N–H and O–H groups in total. The van der Waals surface area contributed by atoms with Gasteiger partial charge in [0.15, 0.2) is 5.84 Å². The van der Waals surface area contributed by atoms with E-state index >= 15 is 0 Å². The number of benzene rings is 1. The predicted molar refractivity (Wildman–Crippen MR) is 79.3 cm³/mol. The second-order valence-electron chi connectivity index (χ2n) is 4.72. The van der Waals surface area contributed by atoms with Crippen LogP contribution in [0.1, 0.15) is 26.3 Å². The van der Waals surface area contributed by atoms with E-state index in [0.29, 0.717) is 0 Å². The summed E-state index contributed by atoms with van der Waals surface area (Å²) in [4.78, 5) is 12.2. The van der Waals surface area contributed by atoms with Crippen LogP contribution in [0, 0.1) is 5.41 Å². The van der Waals surface area contributed by atoms with E-state index in [2.05, 4.69) is 26.4 Å². The maximum atomic E-state index is 12.2. The largest absolute Gasteiger partial charge is 0.409 e. The quantitative estimate of drug-likeness (QED) is 0.344. The van der Waals surface area contributed by atoms with Crippen LogP contribution in [0.3, 0.4) is 0 Å². The molecule has 1 aromatic carbocycles. The van der Waals surface area contributed by atoms with Crippen LogP contribution in [0.25, 0.3) is 0 Å². The van der Waals surface area contributed by atoms with Crippen molar-refractivity contribution in [3.63, 3.8) is 0 Å². The summed E-state index contributed by atoms with van der Waals surface area (Å²) in [6.07, 6.45) is 0.791. The van der Waals surface area contributed by atoms with E-state index in [9.17, 15) is 4.79 Å². The van der Waals surface area contributed by atoms with Crippen LogP contribution in [0.5, 0.6) is 0 Å². The average Bonchev–Trinajstić information content (AvgIpc) is 2.39. The van der Waals surface area contributed by atoms with E-state index in [4.69, 9.17) is 10.9 Å². The minimum Gasteiger partial charge on any atom is -0.409 e. The van der Waals surface area contributed by atoms with Gasteiger partial charge in [-0.25, -0.2) is 0 Å². The fourth-order valence-electron chi connectivity index (χ4n) is 1.50. The highest BCUT2D eigenvalue weighted by atomic mass is 79.9. The lowest BCUT2D eigenvalue weighted by atomic mass is 9.90. The minimum atomic E-state index is -1.08. The molecule has 0 saturated heterocycles. The number of nitrogens with two attached hydrogens (primary N) is 1. The molecular weight excluding hydrogens is 310 g/mol. The van der Waals surface area contributed by atoms with Gasteiger partial charge >= 0.3 is 0 Å². The average molecular weight is 328 g/mol. The number of hydrogen-bond donors (Lipinski definition) is 3. The number of nitrogens with one attached hydrogen (secondary N) is 1. The van der Waals surface area contributed by atoms with Crippen molar-refractivity contribution in [2.45, 2.75) is 27.2 Å². The SMILES string of the molecule is CCc1cc(Br)ccc1NC(=O)C(C)(C)/C(N)=N/O. The molecule has 104 valence electrons. The molecule has 19 heavy (non-hydrogen) atoms. The summed E-state index contributed by atoms with van der Waals surface area (Å²) in [5.74, 6) is -0.444. The second kappa shape index (κ2) is 6.06. The van der Waals surface area contributed by atoms with Gasteiger partial charge in [0.25, 0.3) is 0 Å². The molecule has 1 rings (SSSR count). The summed E-state index contributed by atoms with van der Waals surface area (Å²) in [6, 6.07) is 5.63. The Bertz CT molecular complexity index is 513. The second-order valence-corrected chi connectivity index (χ2v) is 5.64. The number of anilines is 1. The van der Waals surface area contributed by atoms with Crippen LogP contribution in [0.15, 0.2) is 27.8 Å². The predicted octanol–water partition coefficient (Wildman–Crippen LogP) is 2.72. The molecular formula is C13H18BrN3O2. The van der Waals surface area contributed by atoms with Crippen molar-refractivity contribution in [1.82, 2.24) is 0 Å². The first kappa shape index (κ1) is 15.5. The highest BCUT2D eigenvalue weighted by molar-refractivity contribution is 9.10. The third kappa shape index (κ3) is 3.47. The molecule has 0 saturated carbocycles. The number of nitrogens with zero attached hydrogens (tertiary/aromatic N) is 1. The maximum Gasteiger partial charge on any atom is 0.237 e. The fraction of sp³-hybridized carbons (Fsp3) is 0.385. The number of carbonyl (C=O) groups excluding carboxylic acids is 1. The molecule has 0 heterocycles. The molecule has 6 heteroatoms. The van der Waals surface area contributed by atoms with E-state index in [1.165, 1.54) is 0 Å². The molecule has 0 spiro atoms. The number of hydrogen-bond acceptors (Lipinski definition) is 3. The Kier molecular flexibility index (Phi) is 4.94. The molecule has 0 aromatic heterocycles. The topological polar surface area (TPSA) is 87.7 Å². The number of amides is 1. The monoisotopic (exact) mass is 327 g/mol. The smallest absolute Gasteiger partial charge is 0.237 e. The summed E-state index contributed by atoms with van der Waals surface area (Å²) in [7, 11) is 0. The Morgan fingerprint density at radius 3 is 2.68 bits per heavy atom. The van der Waals surface area contributed by atoms with Crippen molar-refractivity contribution in [3.8, 4) is 0 Å². The van der Waals surface area contributed by atoms with Crippen molar-refractivity contribution in [1.29, 1.82) is 0 Å². The lowest BCUT2D eigenvalue weighted by molar-refractivity contribution is -0.121. The summed E-state index contributed by atoms with van der Waals surface area (Å²) in [5.41, 5.74) is 6.20. The first-order chi connectivity index (χ1) is 8.82. The van der Waals surface area contributed by atoms with E-state index in [1.807, 2.05) is 25.1 Å². The van der Waals surface area contributed by atoms with E-state index in [0.717, 1.165) is 22.1 Å². The molecule has 0 aliphatic rings. The fourth-order valence-corrected chi connectivity index (χ4v) is 1.91. The highest BCUT2D eigenvalue weighted by Gasteiger charge is 2.33. The maximum absolute atomic E-state index is 12.2. The van der Waals surface area contributed by atoms with Gasteiger partial charge in [-0.1, -0.05) is 28.0 Å². The Labute approximate surface area is 121 Å². The number of halogens is 1. The van der Waals surface area contributed by atoms with Gasteiger partial charge in [-0.05, 0) is 44.0 Å². The van der Waals surface area contributed by atoms with Gasteiger partial charge in [-0.2, -0.15) is 0 Å². The Morgan fingerprint density at radius 1 is 1.53 bits per heavy atom. The summed E-state index contributed by atoms with van der Waals surface area (Å²) in [6.45, 7) is 5.20. The summed E-state index contributed by atoms with van der Waals surface area (Å²) < 4.78 is 0.957. The summed E-state index contributed by atoms with van der Waals surface area (Å²) >= 11 is 3.39. The van der Waals surface area contributed by atoms with Crippen LogP contribution < -0.4 is 11.1 Å². The zero-order chi connectivity index (χ0) is 14.6. The molecule has 0 atom stereocenters. The molecule has 1 amide bonds. The molecule has 0 aliphatic carbocycles. The third-order valence-corrected chi connectivity index (χ3v) is 3.51. The van der Waals surface area contributed by atoms with Gasteiger partial charge in [-0.3, -0.25) is 4.79 Å². The van der Waals surface area contributed by atoms with Crippen molar-refractivity contribution in [2.75, 3.05) is 5.32 Å². The lowest BCUT2D eigenvalue weighted by Crippen LogP contribution is -2.42.